The Morgan fingerprint density at radius 2 is 1.86 bits per heavy atom. The van der Waals surface area contributed by atoms with Gasteiger partial charge < -0.3 is 4.90 Å². The molecule has 1 aromatic carbocycles. The highest BCUT2D eigenvalue weighted by atomic mass is 32.2. The fourth-order valence-corrected chi connectivity index (χ4v) is 2.90. The SMILES string of the molecule is Cc1cc(C(=O)N(C)CCC(C)C)cc(S(N)(=O)=O)c1C. The maximum Gasteiger partial charge on any atom is 0.253 e. The van der Waals surface area contributed by atoms with E-state index in [0.717, 1.165) is 12.0 Å². The molecule has 0 radical (unpaired) electrons. The molecule has 0 fully saturated rings. The Labute approximate surface area is 127 Å². The molecule has 0 saturated heterocycles. The van der Waals surface area contributed by atoms with Gasteiger partial charge in [0.1, 0.15) is 0 Å². The first-order chi connectivity index (χ1) is 9.54. The predicted octanol–water partition coefficient (Wildman–Crippen LogP) is 2.07. The highest BCUT2D eigenvalue weighted by molar-refractivity contribution is 7.89. The summed E-state index contributed by atoms with van der Waals surface area (Å²) in [4.78, 5) is 14.0. The fraction of sp³-hybridized carbons (Fsp3) is 0.533. The number of carbonyl (C=O) groups is 1. The lowest BCUT2D eigenvalue weighted by Gasteiger charge is -2.19. The Bertz CT molecular complexity index is 637. The molecule has 5 nitrogen and oxygen atoms in total. The van der Waals surface area contributed by atoms with Gasteiger partial charge in [-0.2, -0.15) is 0 Å². The first-order valence-corrected chi connectivity index (χ1v) is 8.48. The molecule has 0 unspecified atom stereocenters. The number of sulfonamides is 1. The molecule has 1 aromatic rings. The third-order valence-electron chi connectivity index (χ3n) is 3.56. The van der Waals surface area contributed by atoms with Gasteiger partial charge in [-0.05, 0) is 49.4 Å². The van der Waals surface area contributed by atoms with Crippen molar-refractivity contribution in [2.45, 2.75) is 39.0 Å². The summed E-state index contributed by atoms with van der Waals surface area (Å²) in [5.74, 6) is 0.309. The topological polar surface area (TPSA) is 80.5 Å². The van der Waals surface area contributed by atoms with Crippen molar-refractivity contribution in [1.82, 2.24) is 4.90 Å². The van der Waals surface area contributed by atoms with Gasteiger partial charge in [-0.25, -0.2) is 13.6 Å². The number of carbonyl (C=O) groups excluding carboxylic acids is 1. The molecule has 0 bridgehead atoms. The van der Waals surface area contributed by atoms with Gasteiger partial charge in [-0.1, -0.05) is 13.8 Å². The Kier molecular flexibility index (Phi) is 5.53. The molecule has 0 spiro atoms. The van der Waals surface area contributed by atoms with Gasteiger partial charge in [0, 0.05) is 19.2 Å². The van der Waals surface area contributed by atoms with E-state index in [1.54, 1.807) is 31.9 Å². The summed E-state index contributed by atoms with van der Waals surface area (Å²) < 4.78 is 23.2. The summed E-state index contributed by atoms with van der Waals surface area (Å²) in [5, 5.41) is 5.22. The Morgan fingerprint density at radius 3 is 2.33 bits per heavy atom. The van der Waals surface area contributed by atoms with Crippen molar-refractivity contribution >= 4 is 15.9 Å². The van der Waals surface area contributed by atoms with Gasteiger partial charge in [0.25, 0.3) is 5.91 Å². The molecule has 0 aliphatic heterocycles. The number of hydrogen-bond acceptors (Lipinski definition) is 3. The van der Waals surface area contributed by atoms with Crippen molar-refractivity contribution in [3.63, 3.8) is 0 Å². The first-order valence-electron chi connectivity index (χ1n) is 6.93. The largest absolute Gasteiger partial charge is 0.342 e. The van der Waals surface area contributed by atoms with Crippen molar-refractivity contribution in [1.29, 1.82) is 0 Å². The zero-order chi connectivity index (χ0) is 16.4. The van der Waals surface area contributed by atoms with E-state index in [1.807, 2.05) is 0 Å². The molecule has 1 amide bonds. The summed E-state index contributed by atoms with van der Waals surface area (Å²) in [6, 6.07) is 3.07. The third kappa shape index (κ3) is 4.54. The van der Waals surface area contributed by atoms with E-state index in [9.17, 15) is 13.2 Å². The number of aryl methyl sites for hydroxylation is 1. The van der Waals surface area contributed by atoms with Crippen LogP contribution in [0.2, 0.25) is 0 Å². The minimum absolute atomic E-state index is 0.0168. The Balaban J connectivity index is 3.14. The van der Waals surface area contributed by atoms with Crippen LogP contribution in [0.15, 0.2) is 17.0 Å². The lowest BCUT2D eigenvalue weighted by atomic mass is 10.0. The standard InChI is InChI=1S/C15H24N2O3S/c1-10(2)6-7-17(5)15(18)13-8-11(3)12(4)14(9-13)21(16,19)20/h8-10H,6-7H2,1-5H3,(H2,16,19,20). The smallest absolute Gasteiger partial charge is 0.253 e. The second kappa shape index (κ2) is 6.58. The van der Waals surface area contributed by atoms with Crippen LogP contribution in [-0.2, 0) is 10.0 Å². The molecule has 0 heterocycles. The number of benzene rings is 1. The number of primary sulfonamides is 1. The van der Waals surface area contributed by atoms with Crippen molar-refractivity contribution in [3.05, 3.63) is 28.8 Å². The van der Waals surface area contributed by atoms with Crippen molar-refractivity contribution in [2.24, 2.45) is 11.1 Å². The monoisotopic (exact) mass is 312 g/mol. The lowest BCUT2D eigenvalue weighted by Crippen LogP contribution is -2.29. The van der Waals surface area contributed by atoms with Gasteiger partial charge >= 0.3 is 0 Å². The van der Waals surface area contributed by atoms with E-state index in [1.165, 1.54) is 6.07 Å². The molecule has 2 N–H and O–H groups in total. The average Bonchev–Trinajstić information content (AvgIpc) is 2.36. The normalized spacial score (nSPS) is 11.8. The van der Waals surface area contributed by atoms with Crippen LogP contribution in [0.5, 0.6) is 0 Å². The summed E-state index contributed by atoms with van der Waals surface area (Å²) >= 11 is 0. The van der Waals surface area contributed by atoms with Gasteiger partial charge in [-0.15, -0.1) is 0 Å². The van der Waals surface area contributed by atoms with Crippen LogP contribution in [0.1, 0.15) is 41.8 Å². The second-order valence-electron chi connectivity index (χ2n) is 5.87. The maximum absolute atomic E-state index is 12.4. The summed E-state index contributed by atoms with van der Waals surface area (Å²) in [5.41, 5.74) is 1.68. The van der Waals surface area contributed by atoms with E-state index >= 15 is 0 Å². The van der Waals surface area contributed by atoms with Crippen LogP contribution in [0.25, 0.3) is 0 Å². The minimum Gasteiger partial charge on any atom is -0.342 e. The van der Waals surface area contributed by atoms with Gasteiger partial charge in [0.05, 0.1) is 4.90 Å². The number of rotatable bonds is 5. The number of amides is 1. The number of hydrogen-bond donors (Lipinski definition) is 1. The Morgan fingerprint density at radius 1 is 1.29 bits per heavy atom. The lowest BCUT2D eigenvalue weighted by molar-refractivity contribution is 0.0789. The van der Waals surface area contributed by atoms with E-state index in [4.69, 9.17) is 5.14 Å². The molecule has 0 aliphatic carbocycles. The van der Waals surface area contributed by atoms with Gasteiger partial charge in [-0.3, -0.25) is 4.79 Å². The van der Waals surface area contributed by atoms with E-state index < -0.39 is 10.0 Å². The molecule has 0 atom stereocenters. The maximum atomic E-state index is 12.4. The molecule has 0 aromatic heterocycles. The van der Waals surface area contributed by atoms with Crippen molar-refractivity contribution in [2.75, 3.05) is 13.6 Å². The van der Waals surface area contributed by atoms with Gasteiger partial charge in [0.15, 0.2) is 0 Å². The number of nitrogens with zero attached hydrogens (tertiary/aromatic N) is 1. The Hall–Kier alpha value is -1.40. The van der Waals surface area contributed by atoms with Crippen LogP contribution in [0.3, 0.4) is 0 Å². The molecular formula is C15H24N2O3S. The van der Waals surface area contributed by atoms with E-state index in [2.05, 4.69) is 13.8 Å². The number of nitrogens with two attached hydrogens (primary N) is 1. The van der Waals surface area contributed by atoms with Crippen molar-refractivity contribution < 1.29 is 13.2 Å². The zero-order valence-electron chi connectivity index (χ0n) is 13.3. The van der Waals surface area contributed by atoms with Crippen LogP contribution >= 0.6 is 0 Å². The van der Waals surface area contributed by atoms with Crippen LogP contribution in [0.4, 0.5) is 0 Å². The quantitative estimate of drug-likeness (QED) is 0.903. The second-order valence-corrected chi connectivity index (χ2v) is 7.40. The average molecular weight is 312 g/mol. The zero-order valence-corrected chi connectivity index (χ0v) is 14.1. The molecule has 1 rings (SSSR count). The van der Waals surface area contributed by atoms with Crippen molar-refractivity contribution in [3.8, 4) is 0 Å². The minimum atomic E-state index is -3.83. The fourth-order valence-electron chi connectivity index (χ4n) is 2.02. The third-order valence-corrected chi connectivity index (χ3v) is 4.60. The first kappa shape index (κ1) is 17.7. The van der Waals surface area contributed by atoms with Crippen LogP contribution in [-0.4, -0.2) is 32.8 Å². The molecule has 118 valence electrons. The highest BCUT2D eigenvalue weighted by Crippen LogP contribution is 2.21. The van der Waals surface area contributed by atoms with E-state index in [-0.39, 0.29) is 10.8 Å². The molecule has 21 heavy (non-hydrogen) atoms. The summed E-state index contributed by atoms with van der Waals surface area (Å²) in [7, 11) is -2.12. The molecule has 6 heteroatoms. The highest BCUT2D eigenvalue weighted by Gasteiger charge is 2.19. The molecule has 0 saturated carbocycles. The van der Waals surface area contributed by atoms with E-state index in [0.29, 0.717) is 23.6 Å². The molecular weight excluding hydrogens is 288 g/mol. The van der Waals surface area contributed by atoms with Crippen LogP contribution < -0.4 is 5.14 Å². The summed E-state index contributed by atoms with van der Waals surface area (Å²) in [6.45, 7) is 8.27. The van der Waals surface area contributed by atoms with Gasteiger partial charge in [0.2, 0.25) is 10.0 Å². The summed E-state index contributed by atoms with van der Waals surface area (Å²) in [6.07, 6.45) is 0.898. The predicted molar refractivity (Wildman–Crippen MR) is 83.7 cm³/mol. The molecule has 0 aliphatic rings. The van der Waals surface area contributed by atoms with Crippen LogP contribution in [0, 0.1) is 19.8 Å².